The second-order valence-corrected chi connectivity index (χ2v) is 7.54. The van der Waals surface area contributed by atoms with Gasteiger partial charge in [-0.05, 0) is 36.6 Å². The first kappa shape index (κ1) is 18.4. The molecule has 0 unspecified atom stereocenters. The number of benzene rings is 2. The molecule has 0 bridgehead atoms. The van der Waals surface area contributed by atoms with Crippen molar-refractivity contribution in [3.05, 3.63) is 54.5 Å². The van der Waals surface area contributed by atoms with Gasteiger partial charge in [-0.2, -0.15) is 5.10 Å². The molecule has 0 aliphatic heterocycles. The second-order valence-electron chi connectivity index (χ2n) is 7.54. The van der Waals surface area contributed by atoms with Gasteiger partial charge in [0.1, 0.15) is 11.5 Å². The van der Waals surface area contributed by atoms with E-state index < -0.39 is 0 Å². The molecule has 2 heterocycles. The third-order valence-corrected chi connectivity index (χ3v) is 5.46. The maximum atomic E-state index is 13.7. The van der Waals surface area contributed by atoms with E-state index >= 15 is 0 Å². The molecular formula is C22H21FN6O. The van der Waals surface area contributed by atoms with Gasteiger partial charge < -0.3 is 15.6 Å². The monoisotopic (exact) mass is 404 g/mol. The zero-order chi connectivity index (χ0) is 20.5. The van der Waals surface area contributed by atoms with Gasteiger partial charge in [0, 0.05) is 11.6 Å². The largest absolute Gasteiger partial charge is 0.337 e. The lowest BCUT2D eigenvalue weighted by atomic mass is 10.0. The van der Waals surface area contributed by atoms with Crippen LogP contribution in [0.4, 0.5) is 14.9 Å². The Morgan fingerprint density at radius 2 is 1.97 bits per heavy atom. The number of nitrogens with zero attached hydrogens (tertiary/aromatic N) is 2. The van der Waals surface area contributed by atoms with Crippen LogP contribution in [0, 0.1) is 5.82 Å². The molecule has 0 radical (unpaired) electrons. The molecule has 0 spiro atoms. The maximum absolute atomic E-state index is 13.7. The van der Waals surface area contributed by atoms with Crippen molar-refractivity contribution >= 4 is 22.8 Å². The molecule has 1 aliphatic carbocycles. The predicted octanol–water partition coefficient (Wildman–Crippen LogP) is 4.82. The van der Waals surface area contributed by atoms with E-state index in [4.69, 9.17) is 4.98 Å². The molecule has 1 fully saturated rings. The van der Waals surface area contributed by atoms with E-state index in [-0.39, 0.29) is 17.9 Å². The Bertz CT molecular complexity index is 1210. The number of aromatic nitrogens is 4. The van der Waals surface area contributed by atoms with Crippen LogP contribution >= 0.6 is 0 Å². The van der Waals surface area contributed by atoms with E-state index in [1.54, 1.807) is 12.3 Å². The summed E-state index contributed by atoms with van der Waals surface area (Å²) in [6, 6.07) is 12.1. The molecule has 1 saturated carbocycles. The molecule has 2 amide bonds. The minimum absolute atomic E-state index is 0.223. The van der Waals surface area contributed by atoms with E-state index in [2.05, 4.69) is 25.8 Å². The minimum atomic E-state index is -0.298. The van der Waals surface area contributed by atoms with Gasteiger partial charge in [-0.1, -0.05) is 37.1 Å². The van der Waals surface area contributed by atoms with Crippen LogP contribution in [-0.4, -0.2) is 32.2 Å². The van der Waals surface area contributed by atoms with Crippen molar-refractivity contribution in [2.45, 2.75) is 31.7 Å². The Morgan fingerprint density at radius 1 is 1.13 bits per heavy atom. The van der Waals surface area contributed by atoms with Gasteiger partial charge in [0.05, 0.1) is 22.9 Å². The molecule has 0 atom stereocenters. The fourth-order valence-electron chi connectivity index (χ4n) is 4.01. The van der Waals surface area contributed by atoms with Gasteiger partial charge >= 0.3 is 6.03 Å². The summed E-state index contributed by atoms with van der Waals surface area (Å²) in [6.45, 7) is 0. The van der Waals surface area contributed by atoms with Crippen LogP contribution in [0.3, 0.4) is 0 Å². The molecule has 5 rings (SSSR count). The van der Waals surface area contributed by atoms with Gasteiger partial charge in [0.2, 0.25) is 0 Å². The van der Waals surface area contributed by atoms with E-state index in [0.717, 1.165) is 42.3 Å². The number of hydrogen-bond donors (Lipinski definition) is 4. The summed E-state index contributed by atoms with van der Waals surface area (Å²) >= 11 is 0. The molecule has 4 aromatic rings. The molecular weight excluding hydrogens is 383 g/mol. The maximum Gasteiger partial charge on any atom is 0.319 e. The van der Waals surface area contributed by atoms with E-state index in [0.29, 0.717) is 22.7 Å². The van der Waals surface area contributed by atoms with Gasteiger partial charge in [0.25, 0.3) is 0 Å². The van der Waals surface area contributed by atoms with Crippen molar-refractivity contribution in [1.82, 2.24) is 25.5 Å². The average molecular weight is 404 g/mol. The number of anilines is 1. The number of fused-ring (bicyclic) bond motifs is 1. The van der Waals surface area contributed by atoms with Gasteiger partial charge in [0.15, 0.2) is 5.82 Å². The second kappa shape index (κ2) is 7.62. The zero-order valence-corrected chi connectivity index (χ0v) is 16.2. The summed E-state index contributed by atoms with van der Waals surface area (Å²) in [7, 11) is 0. The van der Waals surface area contributed by atoms with E-state index in [1.165, 1.54) is 12.1 Å². The highest BCUT2D eigenvalue weighted by atomic mass is 19.1. The number of urea groups is 1. The van der Waals surface area contributed by atoms with Crippen LogP contribution < -0.4 is 10.6 Å². The van der Waals surface area contributed by atoms with Gasteiger partial charge in [-0.3, -0.25) is 5.10 Å². The number of hydrogen-bond acceptors (Lipinski definition) is 3. The van der Waals surface area contributed by atoms with Crippen molar-refractivity contribution in [2.24, 2.45) is 0 Å². The lowest BCUT2D eigenvalue weighted by Crippen LogP contribution is -2.36. The molecule has 0 saturated heterocycles. The van der Waals surface area contributed by atoms with Crippen LogP contribution in [0.2, 0.25) is 0 Å². The SMILES string of the molecule is O=C(Nc1cn[nH]c1-c1nc2c(-c3cccc(F)c3)cccc2[nH]1)NC1CCCC1. The quantitative estimate of drug-likeness (QED) is 0.392. The van der Waals surface area contributed by atoms with Crippen LogP contribution in [0.1, 0.15) is 25.7 Å². The summed E-state index contributed by atoms with van der Waals surface area (Å²) in [6.07, 6.45) is 5.88. The van der Waals surface area contributed by atoms with Gasteiger partial charge in [-0.25, -0.2) is 14.2 Å². The van der Waals surface area contributed by atoms with Crippen molar-refractivity contribution in [3.8, 4) is 22.6 Å². The first-order valence-corrected chi connectivity index (χ1v) is 10.0. The molecule has 30 heavy (non-hydrogen) atoms. The number of aromatic amines is 2. The number of carbonyl (C=O) groups is 1. The fraction of sp³-hybridized carbons (Fsp3) is 0.227. The molecule has 4 N–H and O–H groups in total. The highest BCUT2D eigenvalue weighted by Crippen LogP contribution is 2.31. The van der Waals surface area contributed by atoms with Crippen LogP contribution in [-0.2, 0) is 0 Å². The normalized spacial score (nSPS) is 14.3. The number of para-hydroxylation sites is 1. The summed E-state index contributed by atoms with van der Waals surface area (Å²) < 4.78 is 13.7. The Labute approximate surface area is 172 Å². The van der Waals surface area contributed by atoms with Crippen LogP contribution in [0.5, 0.6) is 0 Å². The van der Waals surface area contributed by atoms with Crippen LogP contribution in [0.15, 0.2) is 48.7 Å². The molecule has 8 heteroatoms. The molecule has 2 aromatic carbocycles. The average Bonchev–Trinajstić information content (AvgIpc) is 3.47. The standard InChI is InChI=1S/C22H21FN6O/c23-14-6-3-5-13(11-14)16-9-4-10-17-19(16)28-21(26-17)20-18(12-24-29-20)27-22(30)25-15-7-1-2-8-15/h3-6,9-12,15H,1-2,7-8H2,(H,24,29)(H,26,28)(H2,25,27,30). The number of amides is 2. The Hall–Kier alpha value is -3.68. The first-order valence-electron chi connectivity index (χ1n) is 10.0. The zero-order valence-electron chi connectivity index (χ0n) is 16.2. The van der Waals surface area contributed by atoms with Gasteiger partial charge in [-0.15, -0.1) is 0 Å². The molecule has 2 aromatic heterocycles. The highest BCUT2D eigenvalue weighted by molar-refractivity contribution is 5.96. The summed E-state index contributed by atoms with van der Waals surface area (Å²) in [5.41, 5.74) is 4.21. The molecule has 1 aliphatic rings. The number of imidazole rings is 1. The first-order chi connectivity index (χ1) is 14.7. The summed E-state index contributed by atoms with van der Waals surface area (Å²) in [5, 5.41) is 12.8. The van der Waals surface area contributed by atoms with Crippen LogP contribution in [0.25, 0.3) is 33.7 Å². The number of halogens is 1. The smallest absolute Gasteiger partial charge is 0.319 e. The Balaban J connectivity index is 1.45. The third kappa shape index (κ3) is 3.52. The van der Waals surface area contributed by atoms with Crippen molar-refractivity contribution in [2.75, 3.05) is 5.32 Å². The number of nitrogens with one attached hydrogen (secondary N) is 4. The topological polar surface area (TPSA) is 98.5 Å². The van der Waals surface area contributed by atoms with Crippen molar-refractivity contribution in [3.63, 3.8) is 0 Å². The molecule has 7 nitrogen and oxygen atoms in total. The third-order valence-electron chi connectivity index (χ3n) is 5.46. The van der Waals surface area contributed by atoms with Crippen molar-refractivity contribution < 1.29 is 9.18 Å². The predicted molar refractivity (Wildman–Crippen MR) is 113 cm³/mol. The van der Waals surface area contributed by atoms with E-state index in [9.17, 15) is 9.18 Å². The van der Waals surface area contributed by atoms with Crippen molar-refractivity contribution in [1.29, 1.82) is 0 Å². The summed E-state index contributed by atoms with van der Waals surface area (Å²) in [4.78, 5) is 20.3. The summed E-state index contributed by atoms with van der Waals surface area (Å²) in [5.74, 6) is 0.246. The fourth-order valence-corrected chi connectivity index (χ4v) is 4.01. The number of carbonyl (C=O) groups excluding carboxylic acids is 1. The number of H-pyrrole nitrogens is 2. The lowest BCUT2D eigenvalue weighted by Gasteiger charge is -2.12. The number of rotatable bonds is 4. The van der Waals surface area contributed by atoms with E-state index in [1.807, 2.05) is 24.3 Å². The minimum Gasteiger partial charge on any atom is -0.337 e. The Kier molecular flexibility index (Phi) is 4.66. The Morgan fingerprint density at radius 3 is 2.80 bits per heavy atom. The highest BCUT2D eigenvalue weighted by Gasteiger charge is 2.20. The molecule has 152 valence electrons. The lowest BCUT2D eigenvalue weighted by molar-refractivity contribution is 0.248.